The molecule has 2 heterocycles. The highest BCUT2D eigenvalue weighted by Crippen LogP contribution is 2.45. The minimum atomic E-state index is -0.571. The van der Waals surface area contributed by atoms with E-state index in [9.17, 15) is 5.11 Å². The lowest BCUT2D eigenvalue weighted by Crippen LogP contribution is -2.45. The molecule has 128 valence electrons. The first-order chi connectivity index (χ1) is 12.0. The molecule has 0 bridgehead atoms. The van der Waals surface area contributed by atoms with Crippen molar-refractivity contribution in [3.63, 3.8) is 0 Å². The van der Waals surface area contributed by atoms with Crippen LogP contribution in [0.25, 0.3) is 5.57 Å². The SMILES string of the molecule is CCc1ccc(C2=C3C(N)=NC=CN3C(C3CC(C)(O)C3)=C=C2)cc1. The summed E-state index contributed by atoms with van der Waals surface area (Å²) in [5.41, 5.74) is 14.5. The minimum absolute atomic E-state index is 0.292. The van der Waals surface area contributed by atoms with Gasteiger partial charge in [0.2, 0.25) is 0 Å². The third-order valence-electron chi connectivity index (χ3n) is 5.22. The quantitative estimate of drug-likeness (QED) is 0.834. The molecule has 0 saturated heterocycles. The van der Waals surface area contributed by atoms with Crippen molar-refractivity contribution in [3.8, 4) is 0 Å². The van der Waals surface area contributed by atoms with Crippen LogP contribution >= 0.6 is 0 Å². The molecule has 1 aromatic rings. The molecule has 4 heteroatoms. The second-order valence-electron chi connectivity index (χ2n) is 7.27. The standard InChI is InChI=1S/C21H23N3O/c1-3-14-4-6-15(7-5-14)17-8-9-18(16-12-21(2,25)13-16)24-11-10-23-20(22)19(17)24/h4-8,10-11,16,25H,3,12-13H2,1-2H3,(H2,22,23). The van der Waals surface area contributed by atoms with Gasteiger partial charge in [0.15, 0.2) is 0 Å². The Morgan fingerprint density at radius 1 is 1.32 bits per heavy atom. The van der Waals surface area contributed by atoms with Gasteiger partial charge in [-0.05, 0) is 43.4 Å². The van der Waals surface area contributed by atoms with Gasteiger partial charge in [-0.15, -0.1) is 0 Å². The maximum atomic E-state index is 10.1. The van der Waals surface area contributed by atoms with Crippen molar-refractivity contribution in [2.75, 3.05) is 0 Å². The Bertz CT molecular complexity index is 857. The van der Waals surface area contributed by atoms with Gasteiger partial charge >= 0.3 is 0 Å². The molecule has 3 aliphatic rings. The monoisotopic (exact) mass is 333 g/mol. The van der Waals surface area contributed by atoms with Crippen LogP contribution in [0.2, 0.25) is 0 Å². The lowest BCUT2D eigenvalue weighted by atomic mass is 9.70. The number of nitrogens with zero attached hydrogens (tertiary/aromatic N) is 2. The molecule has 4 nitrogen and oxygen atoms in total. The van der Waals surface area contributed by atoms with Crippen molar-refractivity contribution in [1.82, 2.24) is 4.90 Å². The first-order valence-electron chi connectivity index (χ1n) is 8.80. The Morgan fingerprint density at radius 2 is 2.04 bits per heavy atom. The van der Waals surface area contributed by atoms with Crippen LogP contribution in [0.4, 0.5) is 0 Å². The third-order valence-corrected chi connectivity index (χ3v) is 5.22. The fourth-order valence-corrected chi connectivity index (χ4v) is 3.84. The molecule has 0 aromatic heterocycles. The number of amidine groups is 1. The zero-order valence-corrected chi connectivity index (χ0v) is 14.7. The molecule has 3 N–H and O–H groups in total. The Balaban J connectivity index is 1.76. The number of aliphatic hydroxyl groups is 1. The number of nitrogens with two attached hydrogens (primary N) is 1. The molecule has 1 fully saturated rings. The van der Waals surface area contributed by atoms with E-state index in [4.69, 9.17) is 5.73 Å². The van der Waals surface area contributed by atoms with Gasteiger partial charge in [-0.2, -0.15) is 0 Å². The van der Waals surface area contributed by atoms with Crippen LogP contribution in [0.15, 0.2) is 64.9 Å². The second kappa shape index (κ2) is 5.76. The van der Waals surface area contributed by atoms with Gasteiger partial charge < -0.3 is 15.7 Å². The molecule has 1 saturated carbocycles. The molecule has 2 aliphatic heterocycles. The predicted molar refractivity (Wildman–Crippen MR) is 100 cm³/mol. The number of benzene rings is 1. The lowest BCUT2D eigenvalue weighted by molar-refractivity contribution is -0.0495. The summed E-state index contributed by atoms with van der Waals surface area (Å²) in [7, 11) is 0. The van der Waals surface area contributed by atoms with E-state index >= 15 is 0 Å². The molecule has 0 radical (unpaired) electrons. The maximum Gasteiger partial charge on any atom is 0.148 e. The largest absolute Gasteiger partial charge is 0.390 e. The van der Waals surface area contributed by atoms with Gasteiger partial charge in [-0.3, -0.25) is 0 Å². The summed E-state index contributed by atoms with van der Waals surface area (Å²) in [5, 5.41) is 10.1. The molecular formula is C21H23N3O. The van der Waals surface area contributed by atoms with Gasteiger partial charge in [0.05, 0.1) is 17.0 Å². The van der Waals surface area contributed by atoms with Gasteiger partial charge in [0.25, 0.3) is 0 Å². The molecule has 1 aliphatic carbocycles. The Morgan fingerprint density at radius 3 is 2.68 bits per heavy atom. The normalized spacial score (nSPS) is 27.6. The van der Waals surface area contributed by atoms with Crippen molar-refractivity contribution in [2.24, 2.45) is 16.6 Å². The zero-order chi connectivity index (χ0) is 17.6. The average molecular weight is 333 g/mol. The van der Waals surface area contributed by atoms with E-state index < -0.39 is 5.60 Å². The first kappa shape index (κ1) is 15.9. The van der Waals surface area contributed by atoms with E-state index in [-0.39, 0.29) is 0 Å². The van der Waals surface area contributed by atoms with Crippen LogP contribution in [-0.4, -0.2) is 21.4 Å². The summed E-state index contributed by atoms with van der Waals surface area (Å²) >= 11 is 0. The Kier molecular flexibility index (Phi) is 3.68. The number of hydrogen-bond donors (Lipinski definition) is 2. The molecule has 0 amide bonds. The van der Waals surface area contributed by atoms with E-state index in [0.29, 0.717) is 11.8 Å². The molecule has 25 heavy (non-hydrogen) atoms. The molecule has 0 unspecified atom stereocenters. The van der Waals surface area contributed by atoms with E-state index in [1.807, 2.05) is 19.2 Å². The Labute approximate surface area is 148 Å². The molecule has 0 spiro atoms. The number of hydrogen-bond acceptors (Lipinski definition) is 4. The van der Waals surface area contributed by atoms with E-state index in [2.05, 4.69) is 46.8 Å². The second-order valence-corrected chi connectivity index (χ2v) is 7.27. The summed E-state index contributed by atoms with van der Waals surface area (Å²) in [6.45, 7) is 4.04. The van der Waals surface area contributed by atoms with Crippen molar-refractivity contribution in [1.29, 1.82) is 0 Å². The number of rotatable bonds is 3. The highest BCUT2D eigenvalue weighted by Gasteiger charge is 2.43. The van der Waals surface area contributed by atoms with Crippen LogP contribution in [0.3, 0.4) is 0 Å². The van der Waals surface area contributed by atoms with Gasteiger partial charge in [0.1, 0.15) is 5.84 Å². The van der Waals surface area contributed by atoms with Crippen molar-refractivity contribution in [2.45, 2.75) is 38.7 Å². The first-order valence-corrected chi connectivity index (χ1v) is 8.80. The summed E-state index contributed by atoms with van der Waals surface area (Å²) in [6.07, 6.45) is 8.19. The van der Waals surface area contributed by atoms with Crippen LogP contribution < -0.4 is 5.73 Å². The highest BCUT2D eigenvalue weighted by molar-refractivity contribution is 6.06. The van der Waals surface area contributed by atoms with Crippen molar-refractivity contribution >= 4 is 11.4 Å². The van der Waals surface area contributed by atoms with Crippen LogP contribution in [0, 0.1) is 5.92 Å². The Hall–Kier alpha value is -2.55. The average Bonchev–Trinajstić information content (AvgIpc) is 2.59. The minimum Gasteiger partial charge on any atom is -0.390 e. The van der Waals surface area contributed by atoms with Gasteiger partial charge in [-0.25, -0.2) is 4.99 Å². The van der Waals surface area contributed by atoms with Crippen LogP contribution in [-0.2, 0) is 6.42 Å². The molecule has 4 rings (SSSR count). The topological polar surface area (TPSA) is 61.8 Å². The van der Waals surface area contributed by atoms with E-state index in [1.165, 1.54) is 5.56 Å². The van der Waals surface area contributed by atoms with Crippen LogP contribution in [0.5, 0.6) is 0 Å². The maximum absolute atomic E-state index is 10.1. The fourth-order valence-electron chi connectivity index (χ4n) is 3.84. The van der Waals surface area contributed by atoms with Gasteiger partial charge in [0, 0.05) is 23.9 Å². The van der Waals surface area contributed by atoms with E-state index in [1.54, 1.807) is 6.20 Å². The smallest absolute Gasteiger partial charge is 0.148 e. The molecular weight excluding hydrogens is 310 g/mol. The summed E-state index contributed by atoms with van der Waals surface area (Å²) in [5.74, 6) is 0.805. The predicted octanol–water partition coefficient (Wildman–Crippen LogP) is 3.32. The number of aryl methyl sites for hydroxylation is 1. The highest BCUT2D eigenvalue weighted by atomic mass is 16.3. The van der Waals surface area contributed by atoms with Crippen LogP contribution in [0.1, 0.15) is 37.8 Å². The number of fused-ring (bicyclic) bond motifs is 1. The van der Waals surface area contributed by atoms with E-state index in [0.717, 1.165) is 41.8 Å². The third kappa shape index (κ3) is 2.74. The van der Waals surface area contributed by atoms with Crippen molar-refractivity contribution < 1.29 is 5.11 Å². The number of allylic oxidation sites excluding steroid dienone is 2. The summed E-state index contributed by atoms with van der Waals surface area (Å²) in [6, 6.07) is 8.55. The molecule has 0 atom stereocenters. The molecule has 1 aromatic carbocycles. The summed E-state index contributed by atoms with van der Waals surface area (Å²) in [4.78, 5) is 6.38. The van der Waals surface area contributed by atoms with Gasteiger partial charge in [-0.1, -0.05) is 36.9 Å². The lowest BCUT2D eigenvalue weighted by Gasteiger charge is -2.45. The van der Waals surface area contributed by atoms with Crippen molar-refractivity contribution in [3.05, 3.63) is 71.0 Å². The summed E-state index contributed by atoms with van der Waals surface area (Å²) < 4.78 is 0. The fraction of sp³-hybridized carbons (Fsp3) is 0.333. The number of aliphatic imine (C=N–C) groups is 1. The zero-order valence-electron chi connectivity index (χ0n) is 14.7.